The van der Waals surface area contributed by atoms with E-state index in [-0.39, 0.29) is 0 Å². The Labute approximate surface area is 110 Å². The van der Waals surface area contributed by atoms with Gasteiger partial charge in [0.1, 0.15) is 5.82 Å². The molecule has 19 heavy (non-hydrogen) atoms. The lowest BCUT2D eigenvalue weighted by Crippen LogP contribution is -2.07. The standard InChI is InChI=1S/C14H11N5/c1-2-4-10(5-3-1)6-11-8-19-9-15-13-12(7-16-18-13)14(19)17-11/h1-5,7,9H,6,8H2. The Hall–Kier alpha value is -2.56. The van der Waals surface area contributed by atoms with Crippen LogP contribution in [0.1, 0.15) is 5.56 Å². The van der Waals surface area contributed by atoms with Crippen molar-refractivity contribution < 1.29 is 0 Å². The summed E-state index contributed by atoms with van der Waals surface area (Å²) in [5.41, 5.74) is 3.34. The Morgan fingerprint density at radius 1 is 1.16 bits per heavy atom. The van der Waals surface area contributed by atoms with Crippen LogP contribution in [0.5, 0.6) is 0 Å². The summed E-state index contributed by atoms with van der Waals surface area (Å²) in [7, 11) is 0. The van der Waals surface area contributed by atoms with Crippen LogP contribution < -0.4 is 0 Å². The van der Waals surface area contributed by atoms with E-state index in [9.17, 15) is 0 Å². The maximum Gasteiger partial charge on any atom is 0.188 e. The second kappa shape index (κ2) is 3.98. The SMILES string of the molecule is c1ccc(CC2=Nc3c4cnnc-4ncn3C2)cc1. The van der Waals surface area contributed by atoms with Crippen molar-refractivity contribution in [3.63, 3.8) is 0 Å². The van der Waals surface area contributed by atoms with Gasteiger partial charge >= 0.3 is 0 Å². The zero-order chi connectivity index (χ0) is 12.7. The summed E-state index contributed by atoms with van der Waals surface area (Å²) >= 11 is 0. The highest BCUT2D eigenvalue weighted by Crippen LogP contribution is 2.31. The molecule has 1 aromatic rings. The van der Waals surface area contributed by atoms with Gasteiger partial charge in [-0.3, -0.25) is 0 Å². The number of aromatic nitrogens is 4. The second-order valence-electron chi connectivity index (χ2n) is 4.62. The van der Waals surface area contributed by atoms with Crippen LogP contribution in [0.4, 0.5) is 5.82 Å². The lowest BCUT2D eigenvalue weighted by atomic mass is 10.1. The summed E-state index contributed by atoms with van der Waals surface area (Å²) in [6, 6.07) is 10.4. The number of benzene rings is 1. The average Bonchev–Trinajstić information content (AvgIpc) is 3.04. The second-order valence-corrected chi connectivity index (χ2v) is 4.62. The molecule has 5 heteroatoms. The van der Waals surface area contributed by atoms with Crippen LogP contribution in [0.15, 0.2) is 47.8 Å². The van der Waals surface area contributed by atoms with Crippen molar-refractivity contribution in [2.45, 2.75) is 13.0 Å². The zero-order valence-corrected chi connectivity index (χ0v) is 10.2. The van der Waals surface area contributed by atoms with Gasteiger partial charge in [-0.25, -0.2) is 9.98 Å². The van der Waals surface area contributed by atoms with Crippen LogP contribution in [0, 0.1) is 0 Å². The van der Waals surface area contributed by atoms with Crippen LogP contribution in [-0.2, 0) is 13.0 Å². The molecule has 0 saturated carbocycles. The number of rotatable bonds is 2. The monoisotopic (exact) mass is 249 g/mol. The van der Waals surface area contributed by atoms with Gasteiger partial charge in [-0.1, -0.05) is 30.3 Å². The van der Waals surface area contributed by atoms with Crippen LogP contribution in [-0.4, -0.2) is 25.5 Å². The Morgan fingerprint density at radius 2 is 2.05 bits per heavy atom. The third kappa shape index (κ3) is 1.71. The van der Waals surface area contributed by atoms with Gasteiger partial charge in [-0.15, -0.1) is 5.10 Å². The van der Waals surface area contributed by atoms with Crippen LogP contribution >= 0.6 is 0 Å². The van der Waals surface area contributed by atoms with Gasteiger partial charge in [0.2, 0.25) is 0 Å². The van der Waals surface area contributed by atoms with Crippen molar-refractivity contribution in [1.29, 1.82) is 0 Å². The molecule has 0 fully saturated rings. The lowest BCUT2D eigenvalue weighted by molar-refractivity contribution is 0.839. The smallest absolute Gasteiger partial charge is 0.188 e. The molecule has 4 rings (SSSR count). The van der Waals surface area contributed by atoms with Crippen molar-refractivity contribution >= 4 is 11.5 Å². The van der Waals surface area contributed by atoms with Crippen molar-refractivity contribution in [3.05, 3.63) is 48.4 Å². The number of hydrogen-bond donors (Lipinski definition) is 0. The molecule has 3 aliphatic rings. The van der Waals surface area contributed by atoms with E-state index in [2.05, 4.69) is 39.4 Å². The molecule has 0 N–H and O–H groups in total. The maximum absolute atomic E-state index is 4.71. The van der Waals surface area contributed by atoms with Crippen LogP contribution in [0.25, 0.3) is 11.4 Å². The first-order valence-corrected chi connectivity index (χ1v) is 6.17. The van der Waals surface area contributed by atoms with Crippen molar-refractivity contribution in [2.24, 2.45) is 4.99 Å². The Balaban J connectivity index is 1.69. The topological polar surface area (TPSA) is 56.0 Å². The van der Waals surface area contributed by atoms with Gasteiger partial charge in [0.15, 0.2) is 5.82 Å². The summed E-state index contributed by atoms with van der Waals surface area (Å²) in [5, 5.41) is 7.85. The summed E-state index contributed by atoms with van der Waals surface area (Å²) in [5.74, 6) is 1.58. The molecule has 0 spiro atoms. The van der Waals surface area contributed by atoms with Crippen molar-refractivity contribution in [1.82, 2.24) is 19.7 Å². The minimum Gasteiger partial charge on any atom is -0.311 e. The summed E-state index contributed by atoms with van der Waals surface area (Å²) < 4.78 is 2.05. The first-order valence-electron chi connectivity index (χ1n) is 6.17. The van der Waals surface area contributed by atoms with E-state index in [4.69, 9.17) is 4.99 Å². The first kappa shape index (κ1) is 10.4. The highest BCUT2D eigenvalue weighted by atomic mass is 15.2. The van der Waals surface area contributed by atoms with Gasteiger partial charge in [-0.05, 0) is 5.56 Å². The molecule has 0 amide bonds. The Kier molecular flexibility index (Phi) is 2.17. The van der Waals surface area contributed by atoms with E-state index in [1.807, 2.05) is 10.6 Å². The largest absolute Gasteiger partial charge is 0.311 e. The van der Waals surface area contributed by atoms with E-state index in [0.717, 1.165) is 30.1 Å². The van der Waals surface area contributed by atoms with Crippen LogP contribution in [0.3, 0.4) is 0 Å². The fourth-order valence-electron chi connectivity index (χ4n) is 2.39. The van der Waals surface area contributed by atoms with E-state index >= 15 is 0 Å². The van der Waals surface area contributed by atoms with Gasteiger partial charge < -0.3 is 4.57 Å². The van der Waals surface area contributed by atoms with E-state index in [0.29, 0.717) is 5.82 Å². The fourth-order valence-corrected chi connectivity index (χ4v) is 2.39. The van der Waals surface area contributed by atoms with Gasteiger partial charge in [0, 0.05) is 12.1 Å². The highest BCUT2D eigenvalue weighted by molar-refractivity contribution is 5.93. The summed E-state index contributed by atoms with van der Waals surface area (Å²) in [6.45, 7) is 0.790. The maximum atomic E-state index is 4.71. The molecule has 0 atom stereocenters. The molecule has 92 valence electrons. The van der Waals surface area contributed by atoms with Crippen molar-refractivity contribution in [3.8, 4) is 11.4 Å². The molecule has 0 aliphatic carbocycles. The fraction of sp³-hybridized carbons (Fsp3) is 0.143. The van der Waals surface area contributed by atoms with Gasteiger partial charge in [0.05, 0.1) is 24.6 Å². The van der Waals surface area contributed by atoms with E-state index in [1.54, 1.807) is 12.5 Å². The highest BCUT2D eigenvalue weighted by Gasteiger charge is 2.21. The number of hydrogen-bond acceptors (Lipinski definition) is 4. The molecular formula is C14H11N5. The zero-order valence-electron chi connectivity index (χ0n) is 10.2. The molecule has 3 aliphatic heterocycles. The summed E-state index contributed by atoms with van der Waals surface area (Å²) in [6.07, 6.45) is 4.38. The predicted octanol–water partition coefficient (Wildman–Crippen LogP) is 2.11. The predicted molar refractivity (Wildman–Crippen MR) is 71.7 cm³/mol. The van der Waals surface area contributed by atoms with E-state index < -0.39 is 0 Å². The molecule has 0 aromatic heterocycles. The van der Waals surface area contributed by atoms with Crippen LogP contribution in [0.2, 0.25) is 0 Å². The first-order chi connectivity index (χ1) is 9.40. The Bertz CT molecular complexity index is 729. The third-order valence-electron chi connectivity index (χ3n) is 3.28. The minimum absolute atomic E-state index is 0.663. The number of fused-ring (bicyclic) bond motifs is 3. The molecule has 0 bridgehead atoms. The average molecular weight is 249 g/mol. The van der Waals surface area contributed by atoms with E-state index in [1.165, 1.54) is 5.56 Å². The summed E-state index contributed by atoms with van der Waals surface area (Å²) in [4.78, 5) is 8.98. The molecule has 5 nitrogen and oxygen atoms in total. The molecule has 0 saturated heterocycles. The molecule has 0 radical (unpaired) electrons. The number of aliphatic imine (C=N–C) groups is 1. The number of nitrogens with zero attached hydrogens (tertiary/aromatic N) is 5. The lowest BCUT2D eigenvalue weighted by Gasteiger charge is -2.04. The minimum atomic E-state index is 0.663. The Morgan fingerprint density at radius 3 is 2.95 bits per heavy atom. The molecule has 1 aromatic carbocycles. The molecule has 0 unspecified atom stereocenters. The molecule has 3 heterocycles. The normalized spacial score (nSPS) is 13.6. The quantitative estimate of drug-likeness (QED) is 0.699. The van der Waals surface area contributed by atoms with Gasteiger partial charge in [0.25, 0.3) is 0 Å². The molecular weight excluding hydrogens is 238 g/mol. The third-order valence-corrected chi connectivity index (χ3v) is 3.28. The van der Waals surface area contributed by atoms with Crippen molar-refractivity contribution in [2.75, 3.05) is 0 Å². The van der Waals surface area contributed by atoms with Gasteiger partial charge in [-0.2, -0.15) is 5.10 Å².